The quantitative estimate of drug-likeness (QED) is 0.569. The smallest absolute Gasteiger partial charge is 0.189 e. The van der Waals surface area contributed by atoms with Crippen LogP contribution in [0, 0.1) is 13.8 Å². The van der Waals surface area contributed by atoms with Gasteiger partial charge in [-0.25, -0.2) is 0 Å². The molecule has 0 aliphatic heterocycles. The number of aryl methyl sites for hydroxylation is 2. The zero-order chi connectivity index (χ0) is 17.7. The van der Waals surface area contributed by atoms with Crippen molar-refractivity contribution in [3.05, 3.63) is 53.0 Å². The molecule has 6 heteroatoms. The molecule has 2 aromatic rings. The Morgan fingerprint density at radius 2 is 1.96 bits per heavy atom. The minimum atomic E-state index is -1.32. The van der Waals surface area contributed by atoms with E-state index in [-0.39, 0.29) is 11.5 Å². The molecule has 0 amide bonds. The molecule has 6 nitrogen and oxygen atoms in total. The number of benzene rings is 1. The van der Waals surface area contributed by atoms with Crippen molar-refractivity contribution in [2.75, 3.05) is 13.7 Å². The summed E-state index contributed by atoms with van der Waals surface area (Å²) in [6.07, 6.45) is 3.07. The topological polar surface area (TPSA) is 88.8 Å². The van der Waals surface area contributed by atoms with Crippen LogP contribution in [0.25, 0.3) is 6.08 Å². The lowest BCUT2D eigenvalue weighted by Gasteiger charge is -2.11. The first kappa shape index (κ1) is 17.3. The van der Waals surface area contributed by atoms with Crippen molar-refractivity contribution < 1.29 is 28.6 Å². The third kappa shape index (κ3) is 4.25. The van der Waals surface area contributed by atoms with Crippen molar-refractivity contribution in [2.24, 2.45) is 0 Å². The van der Waals surface area contributed by atoms with Gasteiger partial charge in [0.15, 0.2) is 17.3 Å². The molecule has 0 spiro atoms. The fourth-order valence-corrected chi connectivity index (χ4v) is 2.18. The van der Waals surface area contributed by atoms with E-state index in [4.69, 9.17) is 13.9 Å². The summed E-state index contributed by atoms with van der Waals surface area (Å²) in [5, 5.41) is 10.4. The molecule has 0 unspecified atom stereocenters. The minimum Gasteiger partial charge on any atom is -0.546 e. The van der Waals surface area contributed by atoms with E-state index in [0.717, 1.165) is 0 Å². The molecule has 0 N–H and O–H groups in total. The van der Waals surface area contributed by atoms with Crippen LogP contribution in [-0.4, -0.2) is 25.5 Å². The molecule has 0 aliphatic carbocycles. The molecule has 2 rings (SSSR count). The van der Waals surface area contributed by atoms with Gasteiger partial charge in [-0.1, -0.05) is 12.1 Å². The van der Waals surface area contributed by atoms with E-state index in [0.29, 0.717) is 28.4 Å². The lowest BCUT2D eigenvalue weighted by Crippen LogP contribution is -2.29. The van der Waals surface area contributed by atoms with Gasteiger partial charge < -0.3 is 23.8 Å². The van der Waals surface area contributed by atoms with E-state index >= 15 is 0 Å². The van der Waals surface area contributed by atoms with E-state index < -0.39 is 12.6 Å². The maximum absolute atomic E-state index is 12.2. The van der Waals surface area contributed by atoms with Gasteiger partial charge in [-0.2, -0.15) is 0 Å². The number of aliphatic carboxylic acids is 1. The molecule has 1 aromatic carbocycles. The average molecular weight is 329 g/mol. The Labute approximate surface area is 139 Å². The second-order valence-corrected chi connectivity index (χ2v) is 5.10. The molecule has 0 fully saturated rings. The Bertz CT molecular complexity index is 785. The molecule has 0 saturated carbocycles. The number of methoxy groups -OCH3 is 1. The SMILES string of the molecule is COc1cc(/C=C/C(=O)c2cc(C)oc2C)ccc1OCC(=O)[O-]. The van der Waals surface area contributed by atoms with Crippen molar-refractivity contribution >= 4 is 17.8 Å². The van der Waals surface area contributed by atoms with E-state index in [1.807, 2.05) is 0 Å². The summed E-state index contributed by atoms with van der Waals surface area (Å²) in [7, 11) is 1.44. The molecular formula is C18H17O6-. The molecule has 0 atom stereocenters. The molecule has 1 aromatic heterocycles. The Kier molecular flexibility index (Phi) is 5.42. The molecule has 24 heavy (non-hydrogen) atoms. The van der Waals surface area contributed by atoms with E-state index in [2.05, 4.69) is 0 Å². The number of allylic oxidation sites excluding steroid dienone is 1. The summed E-state index contributed by atoms with van der Waals surface area (Å²) < 4.78 is 15.6. The molecule has 0 bridgehead atoms. The van der Waals surface area contributed by atoms with Gasteiger partial charge in [0.25, 0.3) is 0 Å². The zero-order valence-electron chi connectivity index (χ0n) is 13.6. The third-order valence-corrected chi connectivity index (χ3v) is 3.27. The number of rotatable bonds is 7. The van der Waals surface area contributed by atoms with Gasteiger partial charge in [0.05, 0.1) is 18.6 Å². The second kappa shape index (κ2) is 7.50. The number of carboxylic acid groups (broad SMARTS) is 1. The Morgan fingerprint density at radius 1 is 1.21 bits per heavy atom. The number of hydrogen-bond donors (Lipinski definition) is 0. The highest BCUT2D eigenvalue weighted by molar-refractivity contribution is 6.07. The van der Waals surface area contributed by atoms with Gasteiger partial charge in [-0.3, -0.25) is 4.79 Å². The van der Waals surface area contributed by atoms with Gasteiger partial charge in [0, 0.05) is 0 Å². The van der Waals surface area contributed by atoms with Crippen molar-refractivity contribution in [3.8, 4) is 11.5 Å². The fraction of sp³-hybridized carbons (Fsp3) is 0.222. The summed E-state index contributed by atoms with van der Waals surface area (Å²) in [5.41, 5.74) is 1.23. The number of carboxylic acids is 1. The highest BCUT2D eigenvalue weighted by Crippen LogP contribution is 2.28. The molecular weight excluding hydrogens is 312 g/mol. The van der Waals surface area contributed by atoms with Gasteiger partial charge in [0.1, 0.15) is 18.1 Å². The molecule has 126 valence electrons. The van der Waals surface area contributed by atoms with Crippen LogP contribution in [0.1, 0.15) is 27.4 Å². The van der Waals surface area contributed by atoms with Crippen LogP contribution in [0.5, 0.6) is 11.5 Å². The van der Waals surface area contributed by atoms with Crippen LogP contribution in [0.3, 0.4) is 0 Å². The van der Waals surface area contributed by atoms with Gasteiger partial charge in [-0.05, 0) is 43.7 Å². The van der Waals surface area contributed by atoms with Crippen molar-refractivity contribution in [1.82, 2.24) is 0 Å². The zero-order valence-corrected chi connectivity index (χ0v) is 13.6. The summed E-state index contributed by atoms with van der Waals surface area (Å²) in [5.74, 6) is 0.414. The highest BCUT2D eigenvalue weighted by atomic mass is 16.5. The first-order chi connectivity index (χ1) is 11.4. The predicted octanol–water partition coefficient (Wildman–Crippen LogP) is 1.93. The lowest BCUT2D eigenvalue weighted by molar-refractivity contribution is -0.307. The Hall–Kier alpha value is -3.02. The largest absolute Gasteiger partial charge is 0.546 e. The maximum atomic E-state index is 12.2. The predicted molar refractivity (Wildman–Crippen MR) is 85.0 cm³/mol. The summed E-state index contributed by atoms with van der Waals surface area (Å²) in [6.45, 7) is 2.95. The normalized spacial score (nSPS) is 10.8. The molecule has 0 radical (unpaired) electrons. The van der Waals surface area contributed by atoms with Gasteiger partial charge in [0.2, 0.25) is 0 Å². The third-order valence-electron chi connectivity index (χ3n) is 3.27. The Balaban J connectivity index is 2.16. The number of ketones is 1. The summed E-state index contributed by atoms with van der Waals surface area (Å²) in [4.78, 5) is 22.6. The van der Waals surface area contributed by atoms with E-state index in [1.165, 1.54) is 13.2 Å². The first-order valence-corrected chi connectivity index (χ1v) is 7.21. The van der Waals surface area contributed by atoms with Crippen LogP contribution in [0.2, 0.25) is 0 Å². The van der Waals surface area contributed by atoms with Crippen LogP contribution >= 0.6 is 0 Å². The van der Waals surface area contributed by atoms with Crippen LogP contribution < -0.4 is 14.6 Å². The van der Waals surface area contributed by atoms with Crippen molar-refractivity contribution in [3.63, 3.8) is 0 Å². The molecule has 0 saturated heterocycles. The van der Waals surface area contributed by atoms with Gasteiger partial charge >= 0.3 is 0 Å². The van der Waals surface area contributed by atoms with Crippen molar-refractivity contribution in [2.45, 2.75) is 13.8 Å². The first-order valence-electron chi connectivity index (χ1n) is 7.21. The average Bonchev–Trinajstić information content (AvgIpc) is 2.89. The number of hydrogen-bond acceptors (Lipinski definition) is 6. The molecule has 1 heterocycles. The standard InChI is InChI=1S/C18H18O6/c1-11-8-14(12(2)24-11)15(19)6-4-13-5-7-16(17(9-13)22-3)23-10-18(20)21/h4-9H,10H2,1-3H3,(H,20,21)/p-1/b6-4+. The van der Waals surface area contributed by atoms with Crippen LogP contribution in [-0.2, 0) is 4.79 Å². The van der Waals surface area contributed by atoms with E-state index in [9.17, 15) is 14.7 Å². The maximum Gasteiger partial charge on any atom is 0.189 e. The number of carbonyl (C=O) groups excluding carboxylic acids is 2. The summed E-state index contributed by atoms with van der Waals surface area (Å²) in [6, 6.07) is 6.59. The number of carbonyl (C=O) groups is 2. The summed E-state index contributed by atoms with van der Waals surface area (Å²) >= 11 is 0. The number of furan rings is 1. The molecule has 0 aliphatic rings. The van der Waals surface area contributed by atoms with Crippen LogP contribution in [0.15, 0.2) is 34.8 Å². The van der Waals surface area contributed by atoms with Gasteiger partial charge in [-0.15, -0.1) is 0 Å². The minimum absolute atomic E-state index is 0.166. The highest BCUT2D eigenvalue weighted by Gasteiger charge is 2.11. The number of ether oxygens (including phenoxy) is 2. The second-order valence-electron chi connectivity index (χ2n) is 5.10. The lowest BCUT2D eigenvalue weighted by atomic mass is 10.1. The van der Waals surface area contributed by atoms with Crippen LogP contribution in [0.4, 0.5) is 0 Å². The monoisotopic (exact) mass is 329 g/mol. The fourth-order valence-electron chi connectivity index (χ4n) is 2.18. The van der Waals surface area contributed by atoms with E-state index in [1.54, 1.807) is 44.2 Å². The Morgan fingerprint density at radius 3 is 2.54 bits per heavy atom. The van der Waals surface area contributed by atoms with Crippen molar-refractivity contribution in [1.29, 1.82) is 0 Å².